The number of hydrogen-bond donors (Lipinski definition) is 2. The van der Waals surface area contributed by atoms with E-state index < -0.39 is 10.0 Å². The van der Waals surface area contributed by atoms with Crippen LogP contribution in [0.2, 0.25) is 10.0 Å². The number of hydrazine groups is 1. The van der Waals surface area contributed by atoms with Gasteiger partial charge in [0.05, 0.1) is 10.0 Å². The summed E-state index contributed by atoms with van der Waals surface area (Å²) in [5.41, 5.74) is 0. The van der Waals surface area contributed by atoms with E-state index in [2.05, 4.69) is 15.9 Å². The molecule has 0 amide bonds. The maximum Gasteiger partial charge on any atom is 0.256 e. The molecule has 14 heavy (non-hydrogen) atoms. The fourth-order valence-corrected chi connectivity index (χ4v) is 3.41. The normalized spacial score (nSPS) is 11.7. The van der Waals surface area contributed by atoms with Crippen molar-refractivity contribution in [2.45, 2.75) is 4.90 Å². The summed E-state index contributed by atoms with van der Waals surface area (Å²) in [6.45, 7) is 0. The Balaban J connectivity index is 3.51. The Morgan fingerprint density at radius 2 is 1.71 bits per heavy atom. The number of sulfonamides is 1. The molecule has 4 nitrogen and oxygen atoms in total. The highest BCUT2D eigenvalue weighted by Crippen LogP contribution is 2.32. The molecule has 0 aliphatic rings. The molecule has 0 aliphatic carbocycles. The Labute approximate surface area is 99.5 Å². The number of hydrogen-bond acceptors (Lipinski definition) is 3. The standard InChI is InChI=1S/C6H5BrCl2N2O2S/c7-3-1-4(8)6(5(9)2-3)14(12,13)11-10/h1-2,11H,10H2. The van der Waals surface area contributed by atoms with E-state index in [-0.39, 0.29) is 14.9 Å². The van der Waals surface area contributed by atoms with Gasteiger partial charge >= 0.3 is 0 Å². The number of nitrogens with two attached hydrogens (primary N) is 1. The van der Waals surface area contributed by atoms with E-state index in [1.165, 1.54) is 12.1 Å². The summed E-state index contributed by atoms with van der Waals surface area (Å²) in [5, 5.41) is 0.00431. The predicted octanol–water partition coefficient (Wildman–Crippen LogP) is 1.91. The number of nitrogens with one attached hydrogen (secondary N) is 1. The summed E-state index contributed by atoms with van der Waals surface area (Å²) in [7, 11) is -3.83. The van der Waals surface area contributed by atoms with Gasteiger partial charge in [-0.2, -0.15) is 0 Å². The Kier molecular flexibility index (Phi) is 3.79. The second-order valence-corrected chi connectivity index (χ2v) is 5.70. The van der Waals surface area contributed by atoms with E-state index in [1.54, 1.807) is 4.83 Å². The van der Waals surface area contributed by atoms with Crippen LogP contribution in [0.15, 0.2) is 21.5 Å². The van der Waals surface area contributed by atoms with Crippen LogP contribution in [0.25, 0.3) is 0 Å². The average Bonchev–Trinajstić information content (AvgIpc) is 2.01. The highest BCUT2D eigenvalue weighted by atomic mass is 79.9. The van der Waals surface area contributed by atoms with Crippen molar-refractivity contribution in [2.75, 3.05) is 0 Å². The van der Waals surface area contributed by atoms with Crippen molar-refractivity contribution in [3.8, 4) is 0 Å². The Hall–Kier alpha value is 0.150. The summed E-state index contributed by atoms with van der Waals surface area (Å²) in [6, 6.07) is 2.83. The Bertz CT molecular complexity index is 440. The molecule has 0 fully saturated rings. The first-order valence-electron chi connectivity index (χ1n) is 3.25. The van der Waals surface area contributed by atoms with E-state index >= 15 is 0 Å². The van der Waals surface area contributed by atoms with Gasteiger partial charge in [0, 0.05) is 4.47 Å². The molecule has 0 bridgehead atoms. The van der Waals surface area contributed by atoms with Gasteiger partial charge < -0.3 is 0 Å². The van der Waals surface area contributed by atoms with Crippen molar-refractivity contribution in [1.29, 1.82) is 0 Å². The first-order valence-corrected chi connectivity index (χ1v) is 6.28. The zero-order valence-corrected chi connectivity index (χ0v) is 10.5. The summed E-state index contributed by atoms with van der Waals surface area (Å²) < 4.78 is 23.3. The molecule has 0 unspecified atom stereocenters. The van der Waals surface area contributed by atoms with Gasteiger partial charge in [-0.05, 0) is 12.1 Å². The number of benzene rings is 1. The van der Waals surface area contributed by atoms with Crippen molar-refractivity contribution >= 4 is 49.2 Å². The highest BCUT2D eigenvalue weighted by Gasteiger charge is 2.20. The molecule has 1 aromatic carbocycles. The van der Waals surface area contributed by atoms with Gasteiger partial charge in [-0.25, -0.2) is 8.42 Å². The average molecular weight is 320 g/mol. The van der Waals surface area contributed by atoms with Crippen LogP contribution in [-0.2, 0) is 10.0 Å². The van der Waals surface area contributed by atoms with Crippen molar-refractivity contribution in [1.82, 2.24) is 4.83 Å². The van der Waals surface area contributed by atoms with Crippen molar-refractivity contribution in [3.63, 3.8) is 0 Å². The molecule has 0 aliphatic heterocycles. The molecule has 0 heterocycles. The lowest BCUT2D eigenvalue weighted by Gasteiger charge is -2.07. The van der Waals surface area contributed by atoms with Crippen LogP contribution in [0.3, 0.4) is 0 Å². The summed E-state index contributed by atoms with van der Waals surface area (Å²) in [4.78, 5) is 1.42. The molecule has 0 aromatic heterocycles. The zero-order chi connectivity index (χ0) is 10.9. The summed E-state index contributed by atoms with van der Waals surface area (Å²) in [5.74, 6) is 4.85. The van der Waals surface area contributed by atoms with Crippen LogP contribution in [0, 0.1) is 0 Å². The molecule has 0 radical (unpaired) electrons. The third-order valence-corrected chi connectivity index (χ3v) is 3.95. The minimum Gasteiger partial charge on any atom is -0.257 e. The summed E-state index contributed by atoms with van der Waals surface area (Å²) in [6.07, 6.45) is 0. The predicted molar refractivity (Wildman–Crippen MR) is 58.7 cm³/mol. The maximum absolute atomic E-state index is 11.3. The van der Waals surface area contributed by atoms with E-state index in [4.69, 9.17) is 29.0 Å². The molecular formula is C6H5BrCl2N2O2S. The first-order chi connectivity index (χ1) is 6.38. The largest absolute Gasteiger partial charge is 0.257 e. The SMILES string of the molecule is NNS(=O)(=O)c1c(Cl)cc(Br)cc1Cl. The second kappa shape index (κ2) is 4.34. The van der Waals surface area contributed by atoms with E-state index in [0.29, 0.717) is 4.47 Å². The smallest absolute Gasteiger partial charge is 0.256 e. The highest BCUT2D eigenvalue weighted by molar-refractivity contribution is 9.10. The lowest BCUT2D eigenvalue weighted by molar-refractivity contribution is 0.584. The Morgan fingerprint density at radius 3 is 2.07 bits per heavy atom. The van der Waals surface area contributed by atoms with Crippen LogP contribution in [0.1, 0.15) is 0 Å². The molecule has 0 saturated carbocycles. The van der Waals surface area contributed by atoms with Crippen LogP contribution in [-0.4, -0.2) is 8.42 Å². The fraction of sp³-hybridized carbons (Fsp3) is 0. The van der Waals surface area contributed by atoms with Gasteiger partial charge in [0.2, 0.25) is 0 Å². The minimum atomic E-state index is -3.83. The van der Waals surface area contributed by atoms with Gasteiger partial charge in [0.1, 0.15) is 4.90 Å². The van der Waals surface area contributed by atoms with E-state index in [1.807, 2.05) is 0 Å². The van der Waals surface area contributed by atoms with Gasteiger partial charge in [0.25, 0.3) is 10.0 Å². The summed E-state index contributed by atoms with van der Waals surface area (Å²) >= 11 is 14.5. The van der Waals surface area contributed by atoms with Crippen molar-refractivity contribution in [3.05, 3.63) is 26.7 Å². The van der Waals surface area contributed by atoms with E-state index in [0.717, 1.165) is 0 Å². The van der Waals surface area contributed by atoms with Gasteiger partial charge in [-0.15, -0.1) is 4.83 Å². The lowest BCUT2D eigenvalue weighted by Crippen LogP contribution is -2.30. The molecule has 1 aromatic rings. The monoisotopic (exact) mass is 318 g/mol. The topological polar surface area (TPSA) is 72.2 Å². The first kappa shape index (κ1) is 12.2. The van der Waals surface area contributed by atoms with Crippen LogP contribution < -0.4 is 10.7 Å². The number of rotatable bonds is 2. The molecular weight excluding hydrogens is 315 g/mol. The quantitative estimate of drug-likeness (QED) is 0.646. The molecule has 0 saturated heterocycles. The zero-order valence-electron chi connectivity index (χ0n) is 6.59. The van der Waals surface area contributed by atoms with Crippen molar-refractivity contribution in [2.24, 2.45) is 5.84 Å². The van der Waals surface area contributed by atoms with Gasteiger partial charge in [-0.1, -0.05) is 39.1 Å². The third kappa shape index (κ3) is 2.39. The van der Waals surface area contributed by atoms with Gasteiger partial charge in [-0.3, -0.25) is 5.84 Å². The fourth-order valence-electron chi connectivity index (χ4n) is 0.845. The van der Waals surface area contributed by atoms with Crippen LogP contribution >= 0.6 is 39.1 Å². The van der Waals surface area contributed by atoms with Crippen LogP contribution in [0.5, 0.6) is 0 Å². The molecule has 1 rings (SSSR count). The number of halogens is 3. The second-order valence-electron chi connectivity index (χ2n) is 2.32. The van der Waals surface area contributed by atoms with Crippen LogP contribution in [0.4, 0.5) is 0 Å². The Morgan fingerprint density at radius 1 is 1.29 bits per heavy atom. The maximum atomic E-state index is 11.3. The molecule has 78 valence electrons. The molecule has 8 heteroatoms. The minimum absolute atomic E-state index is 0.00215. The van der Waals surface area contributed by atoms with Gasteiger partial charge in [0.15, 0.2) is 0 Å². The third-order valence-electron chi connectivity index (χ3n) is 1.39. The van der Waals surface area contributed by atoms with E-state index in [9.17, 15) is 8.42 Å². The molecule has 0 spiro atoms. The molecule has 0 atom stereocenters. The molecule has 3 N–H and O–H groups in total. The van der Waals surface area contributed by atoms with Crippen molar-refractivity contribution < 1.29 is 8.42 Å². The lowest BCUT2D eigenvalue weighted by atomic mass is 10.4.